The van der Waals surface area contributed by atoms with Crippen LogP contribution in [0.15, 0.2) is 24.3 Å². The van der Waals surface area contributed by atoms with E-state index < -0.39 is 5.97 Å². The van der Waals surface area contributed by atoms with Crippen LogP contribution in [0.2, 0.25) is 0 Å². The minimum atomic E-state index is -0.986. The highest BCUT2D eigenvalue weighted by Gasteiger charge is 2.07. The Balaban J connectivity index is 2.86. The van der Waals surface area contributed by atoms with Crippen molar-refractivity contribution in [1.82, 2.24) is 0 Å². The average molecular weight is 280 g/mol. The van der Waals surface area contributed by atoms with Crippen molar-refractivity contribution >= 4 is 12.0 Å². The number of hydrogen-bond acceptors (Lipinski definition) is 4. The van der Waals surface area contributed by atoms with Crippen LogP contribution in [0.5, 0.6) is 5.75 Å². The molecule has 0 spiro atoms. The van der Waals surface area contributed by atoms with E-state index in [0.29, 0.717) is 19.0 Å². The lowest BCUT2D eigenvalue weighted by atomic mass is 10.1. The van der Waals surface area contributed by atoms with Crippen LogP contribution < -0.4 is 4.74 Å². The quantitative estimate of drug-likeness (QED) is 0.740. The van der Waals surface area contributed by atoms with Crippen LogP contribution in [0.3, 0.4) is 0 Å². The lowest BCUT2D eigenvalue weighted by Crippen LogP contribution is -2.14. The van der Waals surface area contributed by atoms with Crippen molar-refractivity contribution in [3.8, 4) is 5.75 Å². The first kappa shape index (κ1) is 16.2. The molecule has 0 bridgehead atoms. The number of benzene rings is 1. The molecule has 0 fully saturated rings. The molecule has 1 atom stereocenters. The SMILES string of the molecule is COCC(C)OCc1cc(OC)ccc1C=CC(=O)O. The zero-order chi connectivity index (χ0) is 15.0. The van der Waals surface area contributed by atoms with E-state index in [9.17, 15) is 4.79 Å². The molecule has 1 rings (SSSR count). The third-order valence-corrected chi connectivity index (χ3v) is 2.68. The van der Waals surface area contributed by atoms with Crippen LogP contribution in [0.4, 0.5) is 0 Å². The molecule has 5 nitrogen and oxygen atoms in total. The van der Waals surface area contributed by atoms with E-state index in [-0.39, 0.29) is 6.10 Å². The van der Waals surface area contributed by atoms with Gasteiger partial charge in [0, 0.05) is 13.2 Å². The Morgan fingerprint density at radius 3 is 2.75 bits per heavy atom. The zero-order valence-corrected chi connectivity index (χ0v) is 12.0. The number of hydrogen-bond donors (Lipinski definition) is 1. The van der Waals surface area contributed by atoms with Gasteiger partial charge in [-0.05, 0) is 36.3 Å². The summed E-state index contributed by atoms with van der Waals surface area (Å²) < 4.78 is 15.8. The number of methoxy groups -OCH3 is 2. The normalized spacial score (nSPS) is 12.6. The number of carbonyl (C=O) groups is 1. The van der Waals surface area contributed by atoms with Crippen molar-refractivity contribution in [3.05, 3.63) is 35.4 Å². The molecule has 0 aliphatic heterocycles. The average Bonchev–Trinajstić information content (AvgIpc) is 2.43. The van der Waals surface area contributed by atoms with Gasteiger partial charge in [-0.15, -0.1) is 0 Å². The van der Waals surface area contributed by atoms with Crippen LogP contribution >= 0.6 is 0 Å². The lowest BCUT2D eigenvalue weighted by Gasteiger charge is -2.14. The number of carboxylic acids is 1. The van der Waals surface area contributed by atoms with E-state index in [0.717, 1.165) is 17.2 Å². The molecule has 1 unspecified atom stereocenters. The van der Waals surface area contributed by atoms with Gasteiger partial charge in [0.15, 0.2) is 0 Å². The highest BCUT2D eigenvalue weighted by molar-refractivity contribution is 5.85. The highest BCUT2D eigenvalue weighted by atomic mass is 16.5. The molecule has 0 aliphatic rings. The van der Waals surface area contributed by atoms with Gasteiger partial charge in [0.25, 0.3) is 0 Å². The second-order valence-electron chi connectivity index (χ2n) is 4.31. The molecule has 0 saturated carbocycles. The lowest BCUT2D eigenvalue weighted by molar-refractivity contribution is -0.131. The van der Waals surface area contributed by atoms with Gasteiger partial charge < -0.3 is 19.3 Å². The Hall–Kier alpha value is -1.85. The Labute approximate surface area is 118 Å². The Morgan fingerprint density at radius 1 is 1.40 bits per heavy atom. The maximum atomic E-state index is 10.6. The van der Waals surface area contributed by atoms with Crippen molar-refractivity contribution in [1.29, 1.82) is 0 Å². The monoisotopic (exact) mass is 280 g/mol. The molecule has 20 heavy (non-hydrogen) atoms. The first-order valence-corrected chi connectivity index (χ1v) is 6.25. The van der Waals surface area contributed by atoms with Crippen LogP contribution in [-0.4, -0.2) is 38.0 Å². The van der Waals surface area contributed by atoms with E-state index in [1.165, 1.54) is 0 Å². The summed E-state index contributed by atoms with van der Waals surface area (Å²) in [5, 5.41) is 8.70. The molecule has 1 aromatic carbocycles. The van der Waals surface area contributed by atoms with Gasteiger partial charge in [-0.1, -0.05) is 6.07 Å². The Morgan fingerprint density at radius 2 is 2.15 bits per heavy atom. The molecule has 110 valence electrons. The van der Waals surface area contributed by atoms with Gasteiger partial charge in [-0.3, -0.25) is 0 Å². The van der Waals surface area contributed by atoms with Crippen LogP contribution in [-0.2, 0) is 20.9 Å². The van der Waals surface area contributed by atoms with Crippen molar-refractivity contribution in [2.45, 2.75) is 19.6 Å². The van der Waals surface area contributed by atoms with Crippen molar-refractivity contribution in [2.24, 2.45) is 0 Å². The largest absolute Gasteiger partial charge is 0.497 e. The van der Waals surface area contributed by atoms with Gasteiger partial charge in [-0.2, -0.15) is 0 Å². The summed E-state index contributed by atoms with van der Waals surface area (Å²) in [6.07, 6.45) is 2.60. The fourth-order valence-corrected chi connectivity index (χ4v) is 1.67. The maximum absolute atomic E-state index is 10.6. The van der Waals surface area contributed by atoms with E-state index >= 15 is 0 Å². The summed E-state index contributed by atoms with van der Waals surface area (Å²) in [7, 11) is 3.20. The van der Waals surface area contributed by atoms with Crippen LogP contribution in [0.25, 0.3) is 6.08 Å². The summed E-state index contributed by atoms with van der Waals surface area (Å²) in [6.45, 7) is 2.78. The molecule has 0 aliphatic carbocycles. The summed E-state index contributed by atoms with van der Waals surface area (Å²) in [4.78, 5) is 10.6. The summed E-state index contributed by atoms with van der Waals surface area (Å²) in [5.74, 6) is -0.282. The minimum Gasteiger partial charge on any atom is -0.497 e. The first-order valence-electron chi connectivity index (χ1n) is 6.25. The summed E-state index contributed by atoms with van der Waals surface area (Å²) in [5.41, 5.74) is 1.66. The van der Waals surface area contributed by atoms with Crippen LogP contribution in [0.1, 0.15) is 18.1 Å². The standard InChI is InChI=1S/C15H20O5/c1-11(9-18-2)20-10-13-8-14(19-3)6-4-12(13)5-7-15(16)17/h4-8,11H,9-10H2,1-3H3,(H,16,17). The predicted octanol–water partition coefficient (Wildman–Crippen LogP) is 2.34. The zero-order valence-electron chi connectivity index (χ0n) is 12.0. The fraction of sp³-hybridized carbons (Fsp3) is 0.400. The van der Waals surface area contributed by atoms with Gasteiger partial charge in [0.1, 0.15) is 5.75 Å². The second kappa shape index (κ2) is 8.35. The van der Waals surface area contributed by atoms with Crippen LogP contribution in [0, 0.1) is 0 Å². The molecular weight excluding hydrogens is 260 g/mol. The topological polar surface area (TPSA) is 65.0 Å². The van der Waals surface area contributed by atoms with E-state index in [1.807, 2.05) is 13.0 Å². The molecular formula is C15H20O5. The van der Waals surface area contributed by atoms with Gasteiger partial charge in [-0.25, -0.2) is 4.79 Å². The molecule has 0 saturated heterocycles. The minimum absolute atomic E-state index is 0.0393. The first-order chi connectivity index (χ1) is 9.56. The second-order valence-corrected chi connectivity index (χ2v) is 4.31. The number of aliphatic carboxylic acids is 1. The summed E-state index contributed by atoms with van der Waals surface area (Å²) >= 11 is 0. The number of ether oxygens (including phenoxy) is 3. The Kier molecular flexibility index (Phi) is 6.76. The molecule has 1 N–H and O–H groups in total. The molecule has 0 aromatic heterocycles. The molecule has 0 amide bonds. The smallest absolute Gasteiger partial charge is 0.328 e. The van der Waals surface area contributed by atoms with Gasteiger partial charge in [0.2, 0.25) is 0 Å². The summed E-state index contributed by atoms with van der Waals surface area (Å²) in [6, 6.07) is 5.42. The Bertz CT molecular complexity index is 467. The van der Waals surface area contributed by atoms with E-state index in [1.54, 1.807) is 32.4 Å². The third-order valence-electron chi connectivity index (χ3n) is 2.68. The molecule has 5 heteroatoms. The maximum Gasteiger partial charge on any atom is 0.328 e. The fourth-order valence-electron chi connectivity index (χ4n) is 1.67. The number of carboxylic acid groups (broad SMARTS) is 1. The van der Waals surface area contributed by atoms with E-state index in [2.05, 4.69) is 0 Å². The van der Waals surface area contributed by atoms with Crippen molar-refractivity contribution in [2.75, 3.05) is 20.8 Å². The predicted molar refractivity (Wildman–Crippen MR) is 75.8 cm³/mol. The van der Waals surface area contributed by atoms with Crippen molar-refractivity contribution in [3.63, 3.8) is 0 Å². The van der Waals surface area contributed by atoms with Gasteiger partial charge in [0.05, 0.1) is 26.4 Å². The van der Waals surface area contributed by atoms with Gasteiger partial charge >= 0.3 is 5.97 Å². The molecule has 0 radical (unpaired) electrons. The number of rotatable bonds is 8. The van der Waals surface area contributed by atoms with E-state index in [4.69, 9.17) is 19.3 Å². The molecule has 1 aromatic rings. The third kappa shape index (κ3) is 5.42. The van der Waals surface area contributed by atoms with Crippen molar-refractivity contribution < 1.29 is 24.1 Å². The highest BCUT2D eigenvalue weighted by Crippen LogP contribution is 2.20. The molecule has 0 heterocycles.